The highest BCUT2D eigenvalue weighted by Crippen LogP contribution is 2.35. The van der Waals surface area contributed by atoms with Crippen molar-refractivity contribution >= 4 is 22.6 Å². The average Bonchev–Trinajstić information content (AvgIpc) is 3.37. The quantitative estimate of drug-likeness (QED) is 0.685. The first-order chi connectivity index (χ1) is 14.1. The van der Waals surface area contributed by atoms with Crippen molar-refractivity contribution < 1.29 is 13.6 Å². The molecule has 0 aliphatic carbocycles. The standard InChI is InChI=1S/C20H21FN6O2/c1-12-6-13(11-27(10-12)17(28)2-4-22)26-18-15-3-5-23-19(15)24-9-16(18)20-25-8-14(7-21)29-20/h3,5,8-9,12-13H,2,6-7,10-11H2,1H3,(H2,23,24,26)/t12-,13+/m0/s1. The van der Waals surface area contributed by atoms with Crippen LogP contribution in [-0.2, 0) is 11.5 Å². The molecule has 1 saturated heterocycles. The highest BCUT2D eigenvalue weighted by atomic mass is 19.1. The highest BCUT2D eigenvalue weighted by Gasteiger charge is 2.29. The molecule has 0 unspecified atom stereocenters. The highest BCUT2D eigenvalue weighted by molar-refractivity contribution is 5.97. The summed E-state index contributed by atoms with van der Waals surface area (Å²) in [6.07, 6.45) is 5.54. The second-order valence-electron chi connectivity index (χ2n) is 7.37. The summed E-state index contributed by atoms with van der Waals surface area (Å²) >= 11 is 0. The molecular formula is C20H21FN6O2. The summed E-state index contributed by atoms with van der Waals surface area (Å²) in [5.74, 6) is 0.570. The molecule has 1 aliphatic rings. The Hall–Kier alpha value is -3.41. The maximum atomic E-state index is 12.9. The summed E-state index contributed by atoms with van der Waals surface area (Å²) in [6, 6.07) is 3.81. The molecule has 0 bridgehead atoms. The monoisotopic (exact) mass is 396 g/mol. The topological polar surface area (TPSA) is 111 Å². The number of oxazole rings is 1. The van der Waals surface area contributed by atoms with Gasteiger partial charge in [-0.25, -0.2) is 14.4 Å². The molecule has 9 heteroatoms. The predicted molar refractivity (Wildman–Crippen MR) is 104 cm³/mol. The first-order valence-electron chi connectivity index (χ1n) is 9.47. The van der Waals surface area contributed by atoms with Crippen molar-refractivity contribution in [3.63, 3.8) is 0 Å². The van der Waals surface area contributed by atoms with Crippen LogP contribution in [0.1, 0.15) is 25.5 Å². The molecule has 8 nitrogen and oxygen atoms in total. The van der Waals surface area contributed by atoms with Crippen molar-refractivity contribution in [3.8, 4) is 17.5 Å². The van der Waals surface area contributed by atoms with E-state index in [4.69, 9.17) is 9.68 Å². The summed E-state index contributed by atoms with van der Waals surface area (Å²) in [5.41, 5.74) is 2.11. The number of piperidine rings is 1. The van der Waals surface area contributed by atoms with Crippen molar-refractivity contribution in [2.75, 3.05) is 18.4 Å². The number of rotatable bonds is 5. The normalized spacial score (nSPS) is 19.3. The van der Waals surface area contributed by atoms with Gasteiger partial charge in [-0.05, 0) is 18.4 Å². The summed E-state index contributed by atoms with van der Waals surface area (Å²) in [4.78, 5) is 25.6. The number of carbonyl (C=O) groups is 1. The molecule has 0 radical (unpaired) electrons. The molecule has 1 aliphatic heterocycles. The first kappa shape index (κ1) is 18.9. The van der Waals surface area contributed by atoms with Crippen LogP contribution in [0.5, 0.6) is 0 Å². The minimum atomic E-state index is -0.730. The lowest BCUT2D eigenvalue weighted by atomic mass is 9.95. The van der Waals surface area contributed by atoms with Crippen LogP contribution in [0.4, 0.5) is 10.1 Å². The minimum absolute atomic E-state index is 0.0174. The van der Waals surface area contributed by atoms with Crippen molar-refractivity contribution in [3.05, 3.63) is 30.4 Å². The van der Waals surface area contributed by atoms with Crippen LogP contribution in [0.2, 0.25) is 0 Å². The van der Waals surface area contributed by atoms with Gasteiger partial charge < -0.3 is 19.6 Å². The first-order valence-corrected chi connectivity index (χ1v) is 9.47. The van der Waals surface area contributed by atoms with E-state index in [-0.39, 0.29) is 35.9 Å². The second kappa shape index (κ2) is 7.91. The third-order valence-electron chi connectivity index (χ3n) is 5.09. The lowest BCUT2D eigenvalue weighted by Crippen LogP contribution is -2.48. The Kier molecular flexibility index (Phi) is 5.16. The van der Waals surface area contributed by atoms with Crippen molar-refractivity contribution in [1.82, 2.24) is 19.9 Å². The Morgan fingerprint density at radius 2 is 2.31 bits per heavy atom. The Morgan fingerprint density at radius 3 is 3.07 bits per heavy atom. The lowest BCUT2D eigenvalue weighted by molar-refractivity contribution is -0.132. The number of amides is 1. The minimum Gasteiger partial charge on any atom is -0.438 e. The SMILES string of the molecule is C[C@H]1C[C@@H](Nc2c(-c3ncc(CF)o3)cnc3[nH]ccc23)CN(C(=O)CC#N)C1. The molecule has 4 heterocycles. The van der Waals surface area contributed by atoms with Gasteiger partial charge in [0.05, 0.1) is 23.5 Å². The van der Waals surface area contributed by atoms with Gasteiger partial charge in [-0.1, -0.05) is 6.92 Å². The van der Waals surface area contributed by atoms with Crippen LogP contribution in [-0.4, -0.2) is 44.9 Å². The largest absolute Gasteiger partial charge is 0.438 e. The number of alkyl halides is 1. The fourth-order valence-corrected chi connectivity index (χ4v) is 3.86. The van der Waals surface area contributed by atoms with Crippen LogP contribution in [0.25, 0.3) is 22.5 Å². The number of aromatic amines is 1. The molecule has 1 fully saturated rings. The van der Waals surface area contributed by atoms with Gasteiger partial charge in [-0.3, -0.25) is 4.79 Å². The van der Waals surface area contributed by atoms with Crippen LogP contribution >= 0.6 is 0 Å². The summed E-state index contributed by atoms with van der Waals surface area (Å²) < 4.78 is 18.4. The zero-order valence-electron chi connectivity index (χ0n) is 16.0. The lowest BCUT2D eigenvalue weighted by Gasteiger charge is -2.37. The molecule has 3 aromatic heterocycles. The van der Waals surface area contributed by atoms with E-state index in [1.54, 1.807) is 17.3 Å². The van der Waals surface area contributed by atoms with Crippen molar-refractivity contribution in [2.45, 2.75) is 32.5 Å². The number of hydrogen-bond acceptors (Lipinski definition) is 6. The molecule has 29 heavy (non-hydrogen) atoms. The maximum absolute atomic E-state index is 12.9. The van der Waals surface area contributed by atoms with E-state index in [2.05, 4.69) is 27.2 Å². The van der Waals surface area contributed by atoms with E-state index < -0.39 is 6.67 Å². The van der Waals surface area contributed by atoms with Gasteiger partial charge in [-0.2, -0.15) is 5.26 Å². The molecule has 2 atom stereocenters. The number of aromatic nitrogens is 3. The Bertz CT molecular complexity index is 1070. The molecule has 0 spiro atoms. The van der Waals surface area contributed by atoms with Gasteiger partial charge >= 0.3 is 0 Å². The third kappa shape index (κ3) is 3.78. The predicted octanol–water partition coefficient (Wildman–Crippen LogP) is 3.25. The average molecular weight is 396 g/mol. The fraction of sp³-hybridized carbons (Fsp3) is 0.400. The van der Waals surface area contributed by atoms with Gasteiger partial charge in [0, 0.05) is 36.9 Å². The summed E-state index contributed by atoms with van der Waals surface area (Å²) in [6.45, 7) is 2.49. The zero-order valence-corrected chi connectivity index (χ0v) is 16.0. The Labute approximate surface area is 166 Å². The van der Waals surface area contributed by atoms with Crippen molar-refractivity contribution in [2.24, 2.45) is 5.92 Å². The number of pyridine rings is 1. The summed E-state index contributed by atoms with van der Waals surface area (Å²) in [5, 5.41) is 13.2. The molecular weight excluding hydrogens is 375 g/mol. The van der Waals surface area contributed by atoms with E-state index in [0.717, 1.165) is 17.5 Å². The number of fused-ring (bicyclic) bond motifs is 1. The van der Waals surface area contributed by atoms with E-state index >= 15 is 0 Å². The second-order valence-corrected chi connectivity index (χ2v) is 7.37. The molecule has 150 valence electrons. The Balaban J connectivity index is 1.67. The number of likely N-dealkylation sites (tertiary alicyclic amines) is 1. The molecule has 3 aromatic rings. The van der Waals surface area contributed by atoms with Crippen LogP contribution in [0.15, 0.2) is 29.1 Å². The molecule has 4 rings (SSSR count). The van der Waals surface area contributed by atoms with E-state index in [9.17, 15) is 9.18 Å². The van der Waals surface area contributed by atoms with Crippen LogP contribution in [0.3, 0.4) is 0 Å². The number of hydrogen-bond donors (Lipinski definition) is 2. The smallest absolute Gasteiger partial charge is 0.236 e. The number of nitrogens with zero attached hydrogens (tertiary/aromatic N) is 4. The number of nitrogens with one attached hydrogen (secondary N) is 2. The molecule has 2 N–H and O–H groups in total. The number of H-pyrrole nitrogens is 1. The number of nitriles is 1. The van der Waals surface area contributed by atoms with E-state index in [0.29, 0.717) is 24.3 Å². The van der Waals surface area contributed by atoms with E-state index in [1.165, 1.54) is 6.20 Å². The van der Waals surface area contributed by atoms with Gasteiger partial charge in [0.1, 0.15) is 18.7 Å². The van der Waals surface area contributed by atoms with Gasteiger partial charge in [0.15, 0.2) is 5.76 Å². The molecule has 0 aromatic carbocycles. The van der Waals surface area contributed by atoms with E-state index in [1.807, 2.05) is 12.1 Å². The maximum Gasteiger partial charge on any atom is 0.236 e. The number of anilines is 1. The van der Waals surface area contributed by atoms with Crippen LogP contribution < -0.4 is 5.32 Å². The number of halogens is 1. The van der Waals surface area contributed by atoms with Crippen molar-refractivity contribution in [1.29, 1.82) is 5.26 Å². The van der Waals surface area contributed by atoms with Gasteiger partial charge in [-0.15, -0.1) is 0 Å². The molecule has 1 amide bonds. The number of carbonyl (C=O) groups excluding carboxylic acids is 1. The fourth-order valence-electron chi connectivity index (χ4n) is 3.86. The van der Waals surface area contributed by atoms with Gasteiger partial charge in [0.2, 0.25) is 11.8 Å². The third-order valence-corrected chi connectivity index (χ3v) is 5.09. The molecule has 0 saturated carbocycles. The summed E-state index contributed by atoms with van der Waals surface area (Å²) in [7, 11) is 0. The zero-order chi connectivity index (χ0) is 20.4. The Morgan fingerprint density at radius 1 is 1.45 bits per heavy atom. The van der Waals surface area contributed by atoms with Gasteiger partial charge in [0.25, 0.3) is 0 Å². The van der Waals surface area contributed by atoms with Crippen LogP contribution in [0, 0.1) is 17.2 Å².